The molecule has 0 amide bonds. The van der Waals surface area contributed by atoms with Crippen molar-refractivity contribution in [3.05, 3.63) is 91.0 Å². The Morgan fingerprint density at radius 2 is 1.08 bits per heavy atom. The zero-order valence-electron chi connectivity index (χ0n) is 13.6. The predicted molar refractivity (Wildman–Crippen MR) is 105 cm³/mol. The fraction of sp³-hybridized carbons (Fsp3) is 0. The SMILES string of the molecule is OB(O)c1cc(-c2ccccc2)c(-c2ccccc2)c2ccccc12. The highest BCUT2D eigenvalue weighted by molar-refractivity contribution is 6.62. The van der Waals surface area contributed by atoms with Gasteiger partial charge in [0, 0.05) is 0 Å². The maximum atomic E-state index is 9.91. The molecule has 0 radical (unpaired) electrons. The fourth-order valence-electron chi connectivity index (χ4n) is 3.38. The highest BCUT2D eigenvalue weighted by Crippen LogP contribution is 2.37. The van der Waals surface area contributed by atoms with Gasteiger partial charge >= 0.3 is 7.12 Å². The van der Waals surface area contributed by atoms with Crippen LogP contribution in [0.1, 0.15) is 0 Å². The van der Waals surface area contributed by atoms with Crippen LogP contribution in [0.2, 0.25) is 0 Å². The molecule has 0 aliphatic heterocycles. The van der Waals surface area contributed by atoms with Gasteiger partial charge in [-0.2, -0.15) is 0 Å². The highest BCUT2D eigenvalue weighted by atomic mass is 16.4. The fourth-order valence-corrected chi connectivity index (χ4v) is 3.38. The summed E-state index contributed by atoms with van der Waals surface area (Å²) in [7, 11) is -1.52. The molecule has 0 spiro atoms. The molecule has 0 aliphatic carbocycles. The third-order valence-electron chi connectivity index (χ3n) is 4.50. The molecule has 0 unspecified atom stereocenters. The van der Waals surface area contributed by atoms with Crippen molar-refractivity contribution in [1.82, 2.24) is 0 Å². The quantitative estimate of drug-likeness (QED) is 0.562. The van der Waals surface area contributed by atoms with Crippen LogP contribution in [0.15, 0.2) is 91.0 Å². The van der Waals surface area contributed by atoms with Gasteiger partial charge in [-0.25, -0.2) is 0 Å². The Morgan fingerprint density at radius 1 is 0.560 bits per heavy atom. The molecule has 0 saturated heterocycles. The van der Waals surface area contributed by atoms with E-state index in [0.29, 0.717) is 5.46 Å². The maximum Gasteiger partial charge on any atom is 0.489 e. The van der Waals surface area contributed by atoms with E-state index < -0.39 is 7.12 Å². The van der Waals surface area contributed by atoms with E-state index >= 15 is 0 Å². The Balaban J connectivity index is 2.15. The Bertz CT molecular complexity index is 1010. The summed E-state index contributed by atoms with van der Waals surface area (Å²) < 4.78 is 0. The van der Waals surface area contributed by atoms with E-state index in [9.17, 15) is 10.0 Å². The second-order valence-electron chi connectivity index (χ2n) is 6.04. The monoisotopic (exact) mass is 324 g/mol. The normalized spacial score (nSPS) is 10.8. The summed E-state index contributed by atoms with van der Waals surface area (Å²) in [5, 5.41) is 21.7. The molecule has 120 valence electrons. The van der Waals surface area contributed by atoms with Crippen molar-refractivity contribution in [2.75, 3.05) is 0 Å². The molecular weight excluding hydrogens is 307 g/mol. The van der Waals surface area contributed by atoms with E-state index in [-0.39, 0.29) is 0 Å². The molecule has 4 rings (SSSR count). The van der Waals surface area contributed by atoms with Crippen molar-refractivity contribution in [2.45, 2.75) is 0 Å². The molecule has 0 saturated carbocycles. The zero-order chi connectivity index (χ0) is 17.2. The van der Waals surface area contributed by atoms with Crippen LogP contribution in [-0.4, -0.2) is 17.2 Å². The Labute approximate surface area is 147 Å². The topological polar surface area (TPSA) is 40.5 Å². The van der Waals surface area contributed by atoms with Crippen molar-refractivity contribution >= 4 is 23.4 Å². The summed E-state index contributed by atoms with van der Waals surface area (Å²) in [4.78, 5) is 0. The molecular formula is C22H17BO2. The second kappa shape index (κ2) is 6.56. The van der Waals surface area contributed by atoms with Gasteiger partial charge in [-0.1, -0.05) is 91.0 Å². The average molecular weight is 324 g/mol. The maximum absolute atomic E-state index is 9.91. The summed E-state index contributed by atoms with van der Waals surface area (Å²) in [6, 6.07) is 30.0. The van der Waals surface area contributed by atoms with Gasteiger partial charge in [0.2, 0.25) is 0 Å². The minimum Gasteiger partial charge on any atom is -0.423 e. The van der Waals surface area contributed by atoms with Crippen LogP contribution >= 0.6 is 0 Å². The smallest absolute Gasteiger partial charge is 0.423 e. The molecule has 4 aromatic carbocycles. The zero-order valence-corrected chi connectivity index (χ0v) is 13.6. The van der Waals surface area contributed by atoms with Crippen LogP contribution in [0.5, 0.6) is 0 Å². The van der Waals surface area contributed by atoms with Gasteiger partial charge in [0.15, 0.2) is 0 Å². The highest BCUT2D eigenvalue weighted by Gasteiger charge is 2.20. The average Bonchev–Trinajstić information content (AvgIpc) is 2.68. The lowest BCUT2D eigenvalue weighted by Gasteiger charge is -2.17. The Kier molecular flexibility index (Phi) is 4.10. The molecule has 0 atom stereocenters. The summed E-state index contributed by atoms with van der Waals surface area (Å²) in [6.45, 7) is 0. The van der Waals surface area contributed by atoms with Crippen molar-refractivity contribution < 1.29 is 10.0 Å². The van der Waals surface area contributed by atoms with E-state index in [1.807, 2.05) is 78.9 Å². The van der Waals surface area contributed by atoms with Crippen molar-refractivity contribution in [2.24, 2.45) is 0 Å². The molecule has 0 fully saturated rings. The summed E-state index contributed by atoms with van der Waals surface area (Å²) in [5.41, 5.74) is 4.78. The van der Waals surface area contributed by atoms with E-state index in [1.54, 1.807) is 0 Å². The van der Waals surface area contributed by atoms with Crippen LogP contribution in [0, 0.1) is 0 Å². The number of hydrogen-bond acceptors (Lipinski definition) is 2. The van der Waals surface area contributed by atoms with Crippen LogP contribution in [0.4, 0.5) is 0 Å². The second-order valence-corrected chi connectivity index (χ2v) is 6.04. The first-order chi connectivity index (χ1) is 12.3. The Hall–Kier alpha value is -2.88. The van der Waals surface area contributed by atoms with Gasteiger partial charge < -0.3 is 10.0 Å². The number of hydrogen-bond donors (Lipinski definition) is 2. The first-order valence-electron chi connectivity index (χ1n) is 8.28. The summed E-state index contributed by atoms with van der Waals surface area (Å²) >= 11 is 0. The lowest BCUT2D eigenvalue weighted by atomic mass is 9.73. The molecule has 3 heteroatoms. The largest absolute Gasteiger partial charge is 0.489 e. The summed E-state index contributed by atoms with van der Waals surface area (Å²) in [5.74, 6) is 0. The Morgan fingerprint density at radius 3 is 1.68 bits per heavy atom. The van der Waals surface area contributed by atoms with E-state index in [0.717, 1.165) is 33.0 Å². The first-order valence-corrected chi connectivity index (χ1v) is 8.28. The predicted octanol–water partition coefficient (Wildman–Crippen LogP) is 3.85. The molecule has 25 heavy (non-hydrogen) atoms. The van der Waals surface area contributed by atoms with Gasteiger partial charge in [0.1, 0.15) is 0 Å². The molecule has 4 aromatic rings. The van der Waals surface area contributed by atoms with Crippen LogP contribution in [0.25, 0.3) is 33.0 Å². The van der Waals surface area contributed by atoms with Gasteiger partial charge in [-0.3, -0.25) is 0 Å². The first kappa shape index (κ1) is 15.6. The molecule has 0 heterocycles. The summed E-state index contributed by atoms with van der Waals surface area (Å²) in [6.07, 6.45) is 0. The van der Waals surface area contributed by atoms with Crippen LogP contribution in [0.3, 0.4) is 0 Å². The number of benzene rings is 4. The third kappa shape index (κ3) is 2.84. The van der Waals surface area contributed by atoms with Gasteiger partial charge in [0.05, 0.1) is 0 Å². The van der Waals surface area contributed by atoms with E-state index in [1.165, 1.54) is 0 Å². The van der Waals surface area contributed by atoms with Crippen molar-refractivity contribution in [1.29, 1.82) is 0 Å². The lowest BCUT2D eigenvalue weighted by molar-refractivity contribution is 0.426. The minimum absolute atomic E-state index is 0.522. The van der Waals surface area contributed by atoms with Crippen molar-refractivity contribution in [3.8, 4) is 22.3 Å². The van der Waals surface area contributed by atoms with Gasteiger partial charge in [-0.15, -0.1) is 0 Å². The molecule has 0 aliphatic rings. The third-order valence-corrected chi connectivity index (χ3v) is 4.50. The van der Waals surface area contributed by atoms with E-state index in [2.05, 4.69) is 12.1 Å². The van der Waals surface area contributed by atoms with Crippen LogP contribution in [-0.2, 0) is 0 Å². The number of fused-ring (bicyclic) bond motifs is 1. The lowest BCUT2D eigenvalue weighted by Crippen LogP contribution is -2.30. The molecule has 0 bridgehead atoms. The van der Waals surface area contributed by atoms with Crippen LogP contribution < -0.4 is 5.46 Å². The number of rotatable bonds is 3. The van der Waals surface area contributed by atoms with Crippen molar-refractivity contribution in [3.63, 3.8) is 0 Å². The van der Waals surface area contributed by atoms with Gasteiger partial charge in [-0.05, 0) is 38.5 Å². The molecule has 0 aromatic heterocycles. The van der Waals surface area contributed by atoms with E-state index in [4.69, 9.17) is 0 Å². The minimum atomic E-state index is -1.52. The van der Waals surface area contributed by atoms with Gasteiger partial charge in [0.25, 0.3) is 0 Å². The standard InChI is InChI=1S/C22H17BO2/c24-23(25)21-15-20(16-9-3-1-4-10-16)22(17-11-5-2-6-12-17)19-14-8-7-13-18(19)21/h1-15,24-25H. The molecule has 2 N–H and O–H groups in total. The molecule has 2 nitrogen and oxygen atoms in total.